The lowest BCUT2D eigenvalue weighted by Gasteiger charge is -2.03. The molecule has 18 heavy (non-hydrogen) atoms. The summed E-state index contributed by atoms with van der Waals surface area (Å²) in [7, 11) is 1.65. The molecular formula is C13H12N2O2S. The number of ether oxygens (including phenoxy) is 1. The number of aromatic nitrogens is 2. The first kappa shape index (κ1) is 11.1. The van der Waals surface area contributed by atoms with Crippen LogP contribution in [0.3, 0.4) is 0 Å². The number of hydrogen-bond donors (Lipinski definition) is 1. The van der Waals surface area contributed by atoms with Crippen molar-refractivity contribution in [3.63, 3.8) is 0 Å². The summed E-state index contributed by atoms with van der Waals surface area (Å²) in [5, 5.41) is 0. The van der Waals surface area contributed by atoms with Crippen LogP contribution in [0.5, 0.6) is 5.75 Å². The molecule has 2 aromatic heterocycles. The summed E-state index contributed by atoms with van der Waals surface area (Å²) in [5.41, 5.74) is 2.00. The van der Waals surface area contributed by atoms with Gasteiger partial charge in [0.25, 0.3) is 0 Å². The third-order valence-corrected chi connectivity index (χ3v) is 3.20. The van der Waals surface area contributed by atoms with E-state index in [9.17, 15) is 0 Å². The first-order valence-corrected chi connectivity index (χ1v) is 5.97. The fraction of sp³-hybridized carbons (Fsp3) is 0.154. The average Bonchev–Trinajstić information content (AvgIpc) is 2.99. The maximum atomic E-state index is 5.36. The Hall–Kier alpha value is -2.01. The zero-order chi connectivity index (χ0) is 12.5. The van der Waals surface area contributed by atoms with Gasteiger partial charge in [-0.15, -0.1) is 0 Å². The smallest absolute Gasteiger partial charge is 0.178 e. The van der Waals surface area contributed by atoms with Crippen LogP contribution in [0.4, 0.5) is 0 Å². The van der Waals surface area contributed by atoms with E-state index in [-0.39, 0.29) is 0 Å². The minimum absolute atomic E-state index is 0.610. The molecular weight excluding hydrogens is 248 g/mol. The Labute approximate surface area is 109 Å². The second-order valence-corrected chi connectivity index (χ2v) is 4.37. The zero-order valence-corrected chi connectivity index (χ0v) is 10.7. The molecule has 0 saturated heterocycles. The molecule has 92 valence electrons. The predicted octanol–water partition coefficient (Wildman–Crippen LogP) is 3.35. The van der Waals surface area contributed by atoms with Crippen LogP contribution in [0.25, 0.3) is 11.0 Å². The van der Waals surface area contributed by atoms with E-state index >= 15 is 0 Å². The number of benzene rings is 1. The van der Waals surface area contributed by atoms with Crippen molar-refractivity contribution in [2.45, 2.75) is 6.54 Å². The highest BCUT2D eigenvalue weighted by Gasteiger charge is 2.07. The Bertz CT molecular complexity index is 725. The number of H-pyrrole nitrogens is 1. The molecule has 2 heterocycles. The number of furan rings is 1. The molecule has 4 nitrogen and oxygen atoms in total. The summed E-state index contributed by atoms with van der Waals surface area (Å²) < 4.78 is 13.3. The number of nitrogens with one attached hydrogen (secondary N) is 1. The van der Waals surface area contributed by atoms with Crippen molar-refractivity contribution in [2.24, 2.45) is 0 Å². The van der Waals surface area contributed by atoms with Crippen molar-refractivity contribution >= 4 is 23.3 Å². The van der Waals surface area contributed by atoms with Crippen LogP contribution in [-0.2, 0) is 6.54 Å². The van der Waals surface area contributed by atoms with Crippen LogP contribution in [0.15, 0.2) is 41.0 Å². The largest absolute Gasteiger partial charge is 0.497 e. The van der Waals surface area contributed by atoms with Crippen molar-refractivity contribution in [1.29, 1.82) is 0 Å². The fourth-order valence-electron chi connectivity index (χ4n) is 1.97. The summed E-state index contributed by atoms with van der Waals surface area (Å²) in [6, 6.07) is 9.63. The van der Waals surface area contributed by atoms with Crippen molar-refractivity contribution in [1.82, 2.24) is 9.55 Å². The molecule has 0 atom stereocenters. The highest BCUT2D eigenvalue weighted by atomic mass is 32.1. The number of nitrogens with zero attached hydrogens (tertiary/aromatic N) is 1. The van der Waals surface area contributed by atoms with Gasteiger partial charge in [0.1, 0.15) is 11.5 Å². The maximum absolute atomic E-state index is 5.36. The summed E-state index contributed by atoms with van der Waals surface area (Å²) >= 11 is 5.33. The molecule has 0 spiro atoms. The molecule has 1 aromatic carbocycles. The van der Waals surface area contributed by atoms with Crippen LogP contribution in [0.1, 0.15) is 5.76 Å². The summed E-state index contributed by atoms with van der Waals surface area (Å²) in [6.45, 7) is 0.610. The van der Waals surface area contributed by atoms with E-state index in [0.717, 1.165) is 22.5 Å². The second kappa shape index (κ2) is 4.34. The molecule has 0 saturated carbocycles. The fourth-order valence-corrected chi connectivity index (χ4v) is 2.25. The highest BCUT2D eigenvalue weighted by molar-refractivity contribution is 7.71. The Morgan fingerprint density at radius 2 is 2.28 bits per heavy atom. The SMILES string of the molecule is COc1ccc2[nH]c(=S)n(Cc3ccco3)c2c1. The monoisotopic (exact) mass is 260 g/mol. The van der Waals surface area contributed by atoms with Gasteiger partial charge in [0.2, 0.25) is 0 Å². The van der Waals surface area contributed by atoms with Crippen LogP contribution >= 0.6 is 12.2 Å². The van der Waals surface area contributed by atoms with Gasteiger partial charge < -0.3 is 18.7 Å². The highest BCUT2D eigenvalue weighted by Crippen LogP contribution is 2.21. The van der Waals surface area contributed by atoms with E-state index in [1.54, 1.807) is 13.4 Å². The Kier molecular flexibility index (Phi) is 2.68. The van der Waals surface area contributed by atoms with Gasteiger partial charge in [-0.2, -0.15) is 0 Å². The lowest BCUT2D eigenvalue weighted by atomic mass is 10.3. The second-order valence-electron chi connectivity index (χ2n) is 3.98. The molecule has 0 fully saturated rings. The summed E-state index contributed by atoms with van der Waals surface area (Å²) in [5.74, 6) is 1.68. The van der Waals surface area contributed by atoms with Gasteiger partial charge in [0.15, 0.2) is 4.77 Å². The minimum atomic E-state index is 0.610. The van der Waals surface area contributed by atoms with Gasteiger partial charge in [0, 0.05) is 6.07 Å². The van der Waals surface area contributed by atoms with E-state index in [1.165, 1.54) is 0 Å². The van der Waals surface area contributed by atoms with Gasteiger partial charge in [-0.3, -0.25) is 0 Å². The van der Waals surface area contributed by atoms with Gasteiger partial charge >= 0.3 is 0 Å². The van der Waals surface area contributed by atoms with E-state index < -0.39 is 0 Å². The number of rotatable bonds is 3. The first-order chi connectivity index (χ1) is 8.78. The molecule has 3 rings (SSSR count). The molecule has 0 radical (unpaired) electrons. The minimum Gasteiger partial charge on any atom is -0.497 e. The molecule has 3 aromatic rings. The van der Waals surface area contributed by atoms with Crippen LogP contribution in [0, 0.1) is 4.77 Å². The standard InChI is InChI=1S/C13H12N2O2S/c1-16-9-4-5-11-12(7-9)15(13(18)14-11)8-10-3-2-6-17-10/h2-7H,8H2,1H3,(H,14,18). The topological polar surface area (TPSA) is 43.1 Å². The van der Waals surface area contributed by atoms with Crippen molar-refractivity contribution in [2.75, 3.05) is 7.11 Å². The molecule has 5 heteroatoms. The van der Waals surface area contributed by atoms with Crippen molar-refractivity contribution < 1.29 is 9.15 Å². The normalized spacial score (nSPS) is 10.9. The number of imidazole rings is 1. The molecule has 0 aliphatic carbocycles. The molecule has 0 aliphatic rings. The van der Waals surface area contributed by atoms with E-state index in [2.05, 4.69) is 4.98 Å². The van der Waals surface area contributed by atoms with Crippen LogP contribution in [0.2, 0.25) is 0 Å². The zero-order valence-electron chi connectivity index (χ0n) is 9.84. The van der Waals surface area contributed by atoms with Gasteiger partial charge in [0.05, 0.1) is 31.0 Å². The molecule has 0 unspecified atom stereocenters. The number of methoxy groups -OCH3 is 1. The number of fused-ring (bicyclic) bond motifs is 1. The van der Waals surface area contributed by atoms with E-state index in [4.69, 9.17) is 21.4 Å². The van der Waals surface area contributed by atoms with Gasteiger partial charge in [-0.25, -0.2) is 0 Å². The lowest BCUT2D eigenvalue weighted by molar-refractivity contribution is 0.415. The quantitative estimate of drug-likeness (QED) is 0.734. The Balaban J connectivity index is 2.14. The number of hydrogen-bond acceptors (Lipinski definition) is 3. The van der Waals surface area contributed by atoms with Crippen LogP contribution < -0.4 is 4.74 Å². The van der Waals surface area contributed by atoms with E-state index in [0.29, 0.717) is 11.3 Å². The molecule has 0 bridgehead atoms. The van der Waals surface area contributed by atoms with Gasteiger partial charge in [-0.1, -0.05) is 0 Å². The average molecular weight is 260 g/mol. The van der Waals surface area contributed by atoms with E-state index in [1.807, 2.05) is 34.9 Å². The Morgan fingerprint density at radius 1 is 1.39 bits per heavy atom. The molecule has 0 amide bonds. The predicted molar refractivity (Wildman–Crippen MR) is 71.5 cm³/mol. The first-order valence-electron chi connectivity index (χ1n) is 5.57. The third kappa shape index (κ3) is 1.82. The lowest BCUT2D eigenvalue weighted by Crippen LogP contribution is -1.98. The summed E-state index contributed by atoms with van der Waals surface area (Å²) in [6.07, 6.45) is 1.66. The third-order valence-electron chi connectivity index (χ3n) is 2.88. The van der Waals surface area contributed by atoms with Crippen molar-refractivity contribution in [3.05, 3.63) is 47.1 Å². The van der Waals surface area contributed by atoms with Crippen molar-refractivity contribution in [3.8, 4) is 5.75 Å². The summed E-state index contributed by atoms with van der Waals surface area (Å²) in [4.78, 5) is 3.17. The molecule has 0 aliphatic heterocycles. The van der Waals surface area contributed by atoms with Gasteiger partial charge in [-0.05, 0) is 36.5 Å². The Morgan fingerprint density at radius 3 is 3.00 bits per heavy atom. The maximum Gasteiger partial charge on any atom is 0.178 e. The number of aromatic amines is 1. The van der Waals surface area contributed by atoms with Crippen LogP contribution in [-0.4, -0.2) is 16.7 Å². The molecule has 1 N–H and O–H groups in total.